The Morgan fingerprint density at radius 2 is 2.20 bits per heavy atom. The zero-order valence-corrected chi connectivity index (χ0v) is 12.3. The van der Waals surface area contributed by atoms with Crippen molar-refractivity contribution in [2.24, 2.45) is 5.10 Å². The second-order valence-corrected chi connectivity index (χ2v) is 6.14. The van der Waals surface area contributed by atoms with Crippen molar-refractivity contribution in [1.29, 1.82) is 0 Å². The summed E-state index contributed by atoms with van der Waals surface area (Å²) in [5, 5.41) is 9.96. The van der Waals surface area contributed by atoms with Gasteiger partial charge in [0.05, 0.1) is 5.69 Å². The number of fused-ring (bicyclic) bond motifs is 4. The molecule has 0 aromatic heterocycles. The molecule has 20 heavy (non-hydrogen) atoms. The molecule has 2 N–H and O–H groups in total. The summed E-state index contributed by atoms with van der Waals surface area (Å²) >= 11 is 1.71. The van der Waals surface area contributed by atoms with Crippen LogP contribution >= 0.6 is 11.8 Å². The summed E-state index contributed by atoms with van der Waals surface area (Å²) in [4.78, 5) is 1.23. The zero-order valence-electron chi connectivity index (χ0n) is 11.5. The van der Waals surface area contributed by atoms with E-state index < -0.39 is 0 Å². The van der Waals surface area contributed by atoms with Gasteiger partial charge in [-0.2, -0.15) is 5.10 Å². The molecule has 2 aliphatic heterocycles. The van der Waals surface area contributed by atoms with Crippen LogP contribution in [0, 0.1) is 0 Å². The number of nitrogens with zero attached hydrogens (tertiary/aromatic N) is 2. The van der Waals surface area contributed by atoms with E-state index in [1.165, 1.54) is 26.9 Å². The first-order valence-electron chi connectivity index (χ1n) is 6.89. The van der Waals surface area contributed by atoms with Crippen LogP contribution in [0.2, 0.25) is 0 Å². The van der Waals surface area contributed by atoms with Crippen LogP contribution in [0.4, 0.5) is 5.69 Å². The number of rotatable bonds is 1. The molecular weight excluding hydrogens is 268 g/mol. The van der Waals surface area contributed by atoms with Crippen LogP contribution in [-0.2, 0) is 6.42 Å². The molecule has 0 spiro atoms. The second kappa shape index (κ2) is 4.31. The third-order valence-electron chi connectivity index (χ3n) is 3.83. The lowest BCUT2D eigenvalue weighted by atomic mass is 10.0. The van der Waals surface area contributed by atoms with Gasteiger partial charge in [-0.1, -0.05) is 31.2 Å². The fourth-order valence-electron chi connectivity index (χ4n) is 2.64. The van der Waals surface area contributed by atoms with Gasteiger partial charge < -0.3 is 0 Å². The Labute approximate surface area is 122 Å². The highest BCUT2D eigenvalue weighted by atomic mass is 32.2. The molecule has 2 aromatic carbocycles. The van der Waals surface area contributed by atoms with Crippen molar-refractivity contribution >= 4 is 33.4 Å². The highest BCUT2D eigenvalue weighted by Crippen LogP contribution is 2.40. The minimum atomic E-state index is 0.177. The number of thioether (sulfide) groups is 1. The second-order valence-electron chi connectivity index (χ2n) is 5.13. The maximum absolute atomic E-state index is 4.34. The Bertz CT molecular complexity index is 725. The van der Waals surface area contributed by atoms with Crippen molar-refractivity contribution in [2.75, 3.05) is 5.43 Å². The molecule has 4 nitrogen and oxygen atoms in total. The van der Waals surface area contributed by atoms with Crippen LogP contribution < -0.4 is 10.9 Å². The number of amidine groups is 1. The fourth-order valence-corrected chi connectivity index (χ4v) is 3.63. The summed E-state index contributed by atoms with van der Waals surface area (Å²) in [6.07, 6.45) is 1.25. The van der Waals surface area contributed by atoms with E-state index in [1.807, 2.05) is 0 Å². The van der Waals surface area contributed by atoms with Gasteiger partial charge in [0.1, 0.15) is 6.17 Å². The van der Waals surface area contributed by atoms with E-state index >= 15 is 0 Å². The van der Waals surface area contributed by atoms with Crippen molar-refractivity contribution < 1.29 is 0 Å². The van der Waals surface area contributed by atoms with Crippen molar-refractivity contribution in [2.45, 2.75) is 31.3 Å². The fraction of sp³-hybridized carbons (Fsp3) is 0.267. The van der Waals surface area contributed by atoms with Crippen LogP contribution in [0.25, 0.3) is 10.8 Å². The molecule has 5 heteroatoms. The monoisotopic (exact) mass is 284 g/mol. The maximum atomic E-state index is 4.34. The Morgan fingerprint density at radius 3 is 3.05 bits per heavy atom. The van der Waals surface area contributed by atoms with Gasteiger partial charge in [0.2, 0.25) is 5.17 Å². The lowest BCUT2D eigenvalue weighted by molar-refractivity contribution is 0.374. The van der Waals surface area contributed by atoms with Crippen molar-refractivity contribution in [3.05, 3.63) is 35.9 Å². The summed E-state index contributed by atoms with van der Waals surface area (Å²) in [6, 6.07) is 11.1. The number of hydrazone groups is 1. The third kappa shape index (κ3) is 1.66. The van der Waals surface area contributed by atoms with Crippen LogP contribution in [0.3, 0.4) is 0 Å². The van der Waals surface area contributed by atoms with E-state index in [2.05, 4.69) is 65.1 Å². The molecule has 0 aliphatic carbocycles. The topological polar surface area (TPSA) is 39.7 Å². The van der Waals surface area contributed by atoms with Gasteiger partial charge in [-0.15, -0.1) is 0 Å². The molecular formula is C15H16N4S. The number of hydrazine groups is 1. The Kier molecular flexibility index (Phi) is 2.57. The molecule has 0 saturated carbocycles. The lowest BCUT2D eigenvalue weighted by Crippen LogP contribution is -2.42. The van der Waals surface area contributed by atoms with Gasteiger partial charge in [-0.05, 0) is 42.1 Å². The lowest BCUT2D eigenvalue weighted by Gasteiger charge is -2.31. The predicted octanol–water partition coefficient (Wildman–Crippen LogP) is 3.36. The molecule has 2 aliphatic rings. The number of aryl methyl sites for hydroxylation is 1. The van der Waals surface area contributed by atoms with Gasteiger partial charge in [-0.25, -0.2) is 5.01 Å². The summed E-state index contributed by atoms with van der Waals surface area (Å²) in [5.74, 6) is 0. The molecule has 1 atom stereocenters. The van der Waals surface area contributed by atoms with Gasteiger partial charge in [0.15, 0.2) is 0 Å². The van der Waals surface area contributed by atoms with Gasteiger partial charge in [0, 0.05) is 10.3 Å². The Balaban J connectivity index is 1.87. The molecule has 0 bridgehead atoms. The number of hydrogen-bond donors (Lipinski definition) is 2. The first-order valence-corrected chi connectivity index (χ1v) is 7.70. The quantitative estimate of drug-likeness (QED) is 0.842. The molecule has 4 rings (SSSR count). The number of benzene rings is 2. The normalized spacial score (nSPS) is 20.0. The molecule has 0 radical (unpaired) electrons. The number of nitrogens with one attached hydrogen (secondary N) is 2. The summed E-state index contributed by atoms with van der Waals surface area (Å²) < 4.78 is 0. The number of hydrogen-bond acceptors (Lipinski definition) is 5. The smallest absolute Gasteiger partial charge is 0.208 e. The predicted molar refractivity (Wildman–Crippen MR) is 84.7 cm³/mol. The van der Waals surface area contributed by atoms with E-state index in [0.717, 1.165) is 11.6 Å². The zero-order chi connectivity index (χ0) is 13.7. The summed E-state index contributed by atoms with van der Waals surface area (Å²) in [5.41, 5.74) is 9.16. The van der Waals surface area contributed by atoms with E-state index in [4.69, 9.17) is 0 Å². The van der Waals surface area contributed by atoms with Crippen LogP contribution in [0.5, 0.6) is 0 Å². The minimum absolute atomic E-state index is 0.177. The molecule has 1 unspecified atom stereocenters. The summed E-state index contributed by atoms with van der Waals surface area (Å²) in [7, 11) is 0. The SMILES string of the molecule is CCc1ccc2c3c(ccc2c1)SC1=NNC(C)N1N3. The van der Waals surface area contributed by atoms with E-state index in [9.17, 15) is 0 Å². The van der Waals surface area contributed by atoms with Crippen molar-refractivity contribution in [3.63, 3.8) is 0 Å². The Morgan fingerprint density at radius 1 is 1.30 bits per heavy atom. The number of anilines is 1. The van der Waals surface area contributed by atoms with E-state index in [0.29, 0.717) is 0 Å². The van der Waals surface area contributed by atoms with E-state index in [1.54, 1.807) is 11.8 Å². The van der Waals surface area contributed by atoms with Gasteiger partial charge in [-0.3, -0.25) is 10.9 Å². The first-order chi connectivity index (χ1) is 9.76. The molecule has 0 amide bonds. The molecule has 0 saturated heterocycles. The van der Waals surface area contributed by atoms with Gasteiger partial charge in [0.25, 0.3) is 0 Å². The maximum Gasteiger partial charge on any atom is 0.208 e. The standard InChI is InChI=1S/C15H16N4S/c1-3-10-4-6-12-11(8-10)5-7-13-14(12)18-19-9(2)16-17-15(19)20-13/h4-9,16,18H,3H2,1-2H3. The highest BCUT2D eigenvalue weighted by molar-refractivity contribution is 8.14. The third-order valence-corrected chi connectivity index (χ3v) is 4.86. The summed E-state index contributed by atoms with van der Waals surface area (Å²) in [6.45, 7) is 4.28. The molecule has 102 valence electrons. The molecule has 2 heterocycles. The highest BCUT2D eigenvalue weighted by Gasteiger charge is 2.31. The van der Waals surface area contributed by atoms with Crippen LogP contribution in [0.15, 0.2) is 40.3 Å². The largest absolute Gasteiger partial charge is 0.293 e. The van der Waals surface area contributed by atoms with E-state index in [-0.39, 0.29) is 6.17 Å². The minimum Gasteiger partial charge on any atom is -0.293 e. The first kappa shape index (κ1) is 11.9. The van der Waals surface area contributed by atoms with Crippen molar-refractivity contribution in [1.82, 2.24) is 10.4 Å². The molecule has 0 fully saturated rings. The van der Waals surface area contributed by atoms with Crippen molar-refractivity contribution in [3.8, 4) is 0 Å². The Hall–Kier alpha value is -1.88. The average Bonchev–Trinajstić information content (AvgIpc) is 2.85. The molecule has 2 aromatic rings. The van der Waals surface area contributed by atoms with Gasteiger partial charge >= 0.3 is 0 Å². The van der Waals surface area contributed by atoms with Crippen LogP contribution in [-0.4, -0.2) is 16.3 Å². The van der Waals surface area contributed by atoms with Crippen LogP contribution in [0.1, 0.15) is 19.4 Å². The average molecular weight is 284 g/mol.